The third-order valence-corrected chi connectivity index (χ3v) is 7.16. The number of nitrogens with one attached hydrogen (secondary N) is 1. The van der Waals surface area contributed by atoms with Gasteiger partial charge in [-0.3, -0.25) is 9.78 Å². The zero-order chi connectivity index (χ0) is 19.4. The maximum Gasteiger partial charge on any atom is 0.243 e. The number of hydrogen-bond donors (Lipinski definition) is 1. The molecule has 6 nitrogen and oxygen atoms in total. The summed E-state index contributed by atoms with van der Waals surface area (Å²) in [7, 11) is -3.60. The van der Waals surface area contributed by atoms with Gasteiger partial charge in [-0.15, -0.1) is 0 Å². The Morgan fingerprint density at radius 3 is 2.70 bits per heavy atom. The Kier molecular flexibility index (Phi) is 6.29. The summed E-state index contributed by atoms with van der Waals surface area (Å²) < 4.78 is 28.0. The largest absolute Gasteiger partial charge is 0.349 e. The van der Waals surface area contributed by atoms with Gasteiger partial charge in [0.1, 0.15) is 0 Å². The molecule has 144 valence electrons. The third-order valence-electron chi connectivity index (χ3n) is 4.75. The van der Waals surface area contributed by atoms with E-state index < -0.39 is 10.0 Å². The maximum absolute atomic E-state index is 12.9. The SMILES string of the molecule is CC(NC(=O)C1CCCN(S(=O)(=O)c2ccc(Br)cc2)C1)c1cccnc1. The van der Waals surface area contributed by atoms with Crippen LogP contribution < -0.4 is 5.32 Å². The summed E-state index contributed by atoms with van der Waals surface area (Å²) in [4.78, 5) is 17.0. The number of amides is 1. The highest BCUT2D eigenvalue weighted by molar-refractivity contribution is 9.10. The van der Waals surface area contributed by atoms with Gasteiger partial charge in [-0.1, -0.05) is 22.0 Å². The van der Waals surface area contributed by atoms with E-state index in [2.05, 4.69) is 26.2 Å². The summed E-state index contributed by atoms with van der Waals surface area (Å²) in [6.45, 7) is 2.53. The molecule has 1 amide bonds. The van der Waals surface area contributed by atoms with Crippen molar-refractivity contribution < 1.29 is 13.2 Å². The average molecular weight is 452 g/mol. The van der Waals surface area contributed by atoms with E-state index in [-0.39, 0.29) is 29.3 Å². The molecule has 2 unspecified atom stereocenters. The van der Waals surface area contributed by atoms with Crippen molar-refractivity contribution in [3.63, 3.8) is 0 Å². The van der Waals surface area contributed by atoms with Gasteiger partial charge in [0, 0.05) is 30.0 Å². The van der Waals surface area contributed by atoms with Crippen molar-refractivity contribution in [1.82, 2.24) is 14.6 Å². The molecule has 2 aromatic rings. The molecule has 0 bridgehead atoms. The standard InChI is InChI=1S/C19H22BrN3O3S/c1-14(15-4-2-10-21-12-15)22-19(24)16-5-3-11-23(13-16)27(25,26)18-8-6-17(20)7-9-18/h2,4,6-10,12,14,16H,3,5,11,13H2,1H3,(H,22,24). The summed E-state index contributed by atoms with van der Waals surface area (Å²) in [5.41, 5.74) is 0.918. The molecule has 0 aliphatic carbocycles. The molecule has 8 heteroatoms. The van der Waals surface area contributed by atoms with Crippen LogP contribution in [0, 0.1) is 5.92 Å². The Morgan fingerprint density at radius 1 is 1.30 bits per heavy atom. The van der Waals surface area contributed by atoms with E-state index in [1.54, 1.807) is 36.7 Å². The number of hydrogen-bond acceptors (Lipinski definition) is 4. The fourth-order valence-corrected chi connectivity index (χ4v) is 4.97. The van der Waals surface area contributed by atoms with Gasteiger partial charge in [-0.25, -0.2) is 8.42 Å². The summed E-state index contributed by atoms with van der Waals surface area (Å²) in [6, 6.07) is 10.1. The van der Waals surface area contributed by atoms with Crippen LogP contribution in [0.15, 0.2) is 58.2 Å². The second-order valence-corrected chi connectivity index (χ2v) is 9.53. The van der Waals surface area contributed by atoms with Gasteiger partial charge in [-0.05, 0) is 55.7 Å². The number of carbonyl (C=O) groups excluding carboxylic acids is 1. The molecule has 1 aromatic heterocycles. The minimum absolute atomic E-state index is 0.123. The Labute approximate surface area is 168 Å². The Hall–Kier alpha value is -1.77. The van der Waals surface area contributed by atoms with Gasteiger partial charge in [0.25, 0.3) is 0 Å². The van der Waals surface area contributed by atoms with Crippen LogP contribution in [-0.4, -0.2) is 36.7 Å². The molecule has 1 fully saturated rings. The zero-order valence-corrected chi connectivity index (χ0v) is 17.4. The molecule has 2 atom stereocenters. The quantitative estimate of drug-likeness (QED) is 0.756. The van der Waals surface area contributed by atoms with Crippen LogP contribution in [0.5, 0.6) is 0 Å². The topological polar surface area (TPSA) is 79.4 Å². The van der Waals surface area contributed by atoms with Crippen molar-refractivity contribution in [2.24, 2.45) is 5.92 Å². The van der Waals surface area contributed by atoms with Crippen LogP contribution in [-0.2, 0) is 14.8 Å². The van der Waals surface area contributed by atoms with E-state index in [1.807, 2.05) is 19.1 Å². The lowest BCUT2D eigenvalue weighted by molar-refractivity contribution is -0.126. The summed E-state index contributed by atoms with van der Waals surface area (Å²) >= 11 is 3.31. The number of piperidine rings is 1. The Balaban J connectivity index is 1.68. The van der Waals surface area contributed by atoms with Crippen LogP contribution in [0.2, 0.25) is 0 Å². The smallest absolute Gasteiger partial charge is 0.243 e. The lowest BCUT2D eigenvalue weighted by Gasteiger charge is -2.32. The van der Waals surface area contributed by atoms with Gasteiger partial charge in [0.05, 0.1) is 16.9 Å². The summed E-state index contributed by atoms with van der Waals surface area (Å²) in [5, 5.41) is 2.98. The van der Waals surface area contributed by atoms with Crippen LogP contribution in [0.4, 0.5) is 0 Å². The van der Waals surface area contributed by atoms with Crippen LogP contribution in [0.1, 0.15) is 31.4 Å². The van der Waals surface area contributed by atoms with Crippen molar-refractivity contribution in [2.45, 2.75) is 30.7 Å². The molecule has 1 aliphatic rings. The number of nitrogens with zero attached hydrogens (tertiary/aromatic N) is 2. The number of sulfonamides is 1. The van der Waals surface area contributed by atoms with Gasteiger partial charge in [-0.2, -0.15) is 4.31 Å². The first-order valence-corrected chi connectivity index (χ1v) is 11.1. The van der Waals surface area contributed by atoms with Crippen molar-refractivity contribution in [3.05, 3.63) is 58.8 Å². The number of rotatable bonds is 5. The Bertz CT molecular complexity index is 888. The first-order valence-electron chi connectivity index (χ1n) is 8.84. The fraction of sp³-hybridized carbons (Fsp3) is 0.368. The average Bonchev–Trinajstić information content (AvgIpc) is 2.69. The molecule has 1 N–H and O–H groups in total. The molecule has 1 aromatic carbocycles. The first-order chi connectivity index (χ1) is 12.9. The minimum atomic E-state index is -3.60. The number of pyridine rings is 1. The highest BCUT2D eigenvalue weighted by Gasteiger charge is 2.33. The molecule has 0 saturated carbocycles. The number of halogens is 1. The van der Waals surface area contributed by atoms with Crippen molar-refractivity contribution in [2.75, 3.05) is 13.1 Å². The monoisotopic (exact) mass is 451 g/mol. The Morgan fingerprint density at radius 2 is 2.04 bits per heavy atom. The molecule has 2 heterocycles. The van der Waals surface area contributed by atoms with Crippen LogP contribution >= 0.6 is 15.9 Å². The number of aromatic nitrogens is 1. The predicted octanol–water partition coefficient (Wildman–Crippen LogP) is 3.12. The van der Waals surface area contributed by atoms with Crippen molar-refractivity contribution >= 4 is 31.9 Å². The molecule has 1 saturated heterocycles. The summed E-state index contributed by atoms with van der Waals surface area (Å²) in [5.74, 6) is -0.481. The highest BCUT2D eigenvalue weighted by atomic mass is 79.9. The van der Waals surface area contributed by atoms with E-state index in [0.717, 1.165) is 10.0 Å². The van der Waals surface area contributed by atoms with Gasteiger partial charge < -0.3 is 5.32 Å². The van der Waals surface area contributed by atoms with Crippen molar-refractivity contribution in [1.29, 1.82) is 0 Å². The van der Waals surface area contributed by atoms with E-state index in [4.69, 9.17) is 0 Å². The lowest BCUT2D eigenvalue weighted by Crippen LogP contribution is -2.45. The molecule has 0 spiro atoms. The second-order valence-electron chi connectivity index (χ2n) is 6.67. The molecule has 3 rings (SSSR count). The van der Waals surface area contributed by atoms with Crippen LogP contribution in [0.3, 0.4) is 0 Å². The molecular formula is C19H22BrN3O3S. The van der Waals surface area contributed by atoms with Crippen LogP contribution in [0.25, 0.3) is 0 Å². The van der Waals surface area contributed by atoms with E-state index in [1.165, 1.54) is 4.31 Å². The molecule has 0 radical (unpaired) electrons. The van der Waals surface area contributed by atoms with Gasteiger partial charge in [0.2, 0.25) is 15.9 Å². The second kappa shape index (κ2) is 8.50. The highest BCUT2D eigenvalue weighted by Crippen LogP contribution is 2.25. The van der Waals surface area contributed by atoms with Crippen molar-refractivity contribution in [3.8, 4) is 0 Å². The van der Waals surface area contributed by atoms with Gasteiger partial charge in [0.15, 0.2) is 0 Å². The summed E-state index contributed by atoms with van der Waals surface area (Å²) in [6.07, 6.45) is 4.74. The predicted molar refractivity (Wildman–Crippen MR) is 106 cm³/mol. The fourth-order valence-electron chi connectivity index (χ4n) is 3.18. The molecule has 27 heavy (non-hydrogen) atoms. The molecular weight excluding hydrogens is 430 g/mol. The normalized spacial score (nSPS) is 19.4. The number of benzene rings is 1. The minimum Gasteiger partial charge on any atom is -0.349 e. The van der Waals surface area contributed by atoms with E-state index >= 15 is 0 Å². The van der Waals surface area contributed by atoms with Gasteiger partial charge >= 0.3 is 0 Å². The maximum atomic E-state index is 12.9. The third kappa shape index (κ3) is 4.75. The number of carbonyl (C=O) groups is 1. The first kappa shape index (κ1) is 20.0. The zero-order valence-electron chi connectivity index (χ0n) is 15.0. The lowest BCUT2D eigenvalue weighted by atomic mass is 9.98. The van der Waals surface area contributed by atoms with E-state index in [0.29, 0.717) is 19.4 Å². The van der Waals surface area contributed by atoms with E-state index in [9.17, 15) is 13.2 Å². The molecule has 1 aliphatic heterocycles.